The van der Waals surface area contributed by atoms with Crippen LogP contribution in [0.25, 0.3) is 0 Å². The summed E-state index contributed by atoms with van der Waals surface area (Å²) < 4.78 is 0. The van der Waals surface area contributed by atoms with E-state index in [2.05, 4.69) is 10.6 Å². The number of nitro groups is 1. The molecule has 0 bridgehead atoms. The molecule has 7 nitrogen and oxygen atoms in total. The van der Waals surface area contributed by atoms with E-state index < -0.39 is 10.8 Å². The Morgan fingerprint density at radius 3 is 2.48 bits per heavy atom. The highest BCUT2D eigenvalue weighted by Gasteiger charge is 2.18. The van der Waals surface area contributed by atoms with Crippen LogP contribution in [0.4, 0.5) is 11.4 Å². The highest BCUT2D eigenvalue weighted by atomic mass is 32.1. The largest absolute Gasteiger partial charge is 0.506 e. The Hall–Kier alpha value is -3.00. The van der Waals surface area contributed by atoms with E-state index in [1.165, 1.54) is 25.1 Å². The number of carbonyl (C=O) groups is 1. The van der Waals surface area contributed by atoms with Gasteiger partial charge in [-0.2, -0.15) is 0 Å². The number of amides is 1. The molecule has 0 aliphatic carbocycles. The number of aromatic hydroxyl groups is 1. The average molecular weight is 359 g/mol. The number of carbonyl (C=O) groups excluding carboxylic acids is 1. The Morgan fingerprint density at radius 2 is 1.84 bits per heavy atom. The van der Waals surface area contributed by atoms with Crippen LogP contribution in [-0.4, -0.2) is 21.0 Å². The van der Waals surface area contributed by atoms with Crippen LogP contribution in [0.15, 0.2) is 30.3 Å². The molecule has 2 aromatic carbocycles. The molecule has 2 rings (SSSR count). The lowest BCUT2D eigenvalue weighted by Gasteiger charge is -2.13. The van der Waals surface area contributed by atoms with Crippen LogP contribution in [0.1, 0.15) is 27.0 Å². The molecule has 0 spiro atoms. The van der Waals surface area contributed by atoms with Gasteiger partial charge in [0.1, 0.15) is 5.75 Å². The number of rotatable bonds is 3. The van der Waals surface area contributed by atoms with Gasteiger partial charge in [0.05, 0.1) is 10.6 Å². The molecule has 8 heteroatoms. The number of benzene rings is 2. The molecule has 0 aliphatic rings. The second kappa shape index (κ2) is 7.27. The lowest BCUT2D eigenvalue weighted by Crippen LogP contribution is -2.34. The maximum Gasteiger partial charge on any atom is 0.273 e. The molecular weight excluding hydrogens is 342 g/mol. The number of nitrogens with zero attached hydrogens (tertiary/aromatic N) is 1. The fourth-order valence-electron chi connectivity index (χ4n) is 2.29. The van der Waals surface area contributed by atoms with Crippen molar-refractivity contribution in [1.82, 2.24) is 5.32 Å². The highest BCUT2D eigenvalue weighted by molar-refractivity contribution is 7.80. The van der Waals surface area contributed by atoms with Gasteiger partial charge in [0.15, 0.2) is 5.11 Å². The van der Waals surface area contributed by atoms with Crippen LogP contribution in [0.3, 0.4) is 0 Å². The van der Waals surface area contributed by atoms with Crippen LogP contribution < -0.4 is 10.6 Å². The summed E-state index contributed by atoms with van der Waals surface area (Å²) in [7, 11) is 0. The van der Waals surface area contributed by atoms with E-state index >= 15 is 0 Å². The molecule has 0 heterocycles. The quantitative estimate of drug-likeness (QED) is 0.336. The zero-order valence-corrected chi connectivity index (χ0v) is 14.7. The van der Waals surface area contributed by atoms with Gasteiger partial charge in [-0.3, -0.25) is 20.2 Å². The maximum atomic E-state index is 12.3. The van der Waals surface area contributed by atoms with Crippen molar-refractivity contribution >= 4 is 34.6 Å². The Bertz CT molecular complexity index is 880. The number of thiocarbonyl (C=S) groups is 1. The van der Waals surface area contributed by atoms with Crippen molar-refractivity contribution in [3.63, 3.8) is 0 Å². The van der Waals surface area contributed by atoms with Crippen molar-refractivity contribution in [2.45, 2.75) is 20.8 Å². The van der Waals surface area contributed by atoms with E-state index in [0.29, 0.717) is 5.69 Å². The minimum absolute atomic E-state index is 0.00577. The third kappa shape index (κ3) is 4.10. The number of phenolic OH excluding ortho intramolecular Hbond substituents is 1. The molecule has 25 heavy (non-hydrogen) atoms. The Labute approximate surface area is 149 Å². The molecule has 3 N–H and O–H groups in total. The van der Waals surface area contributed by atoms with Gasteiger partial charge in [-0.25, -0.2) is 0 Å². The third-order valence-electron chi connectivity index (χ3n) is 3.83. The molecule has 0 saturated carbocycles. The smallest absolute Gasteiger partial charge is 0.273 e. The molecule has 2 aromatic rings. The summed E-state index contributed by atoms with van der Waals surface area (Å²) in [5, 5.41) is 26.1. The first kappa shape index (κ1) is 18.3. The summed E-state index contributed by atoms with van der Waals surface area (Å²) in [6.45, 7) is 5.25. The minimum Gasteiger partial charge on any atom is -0.506 e. The maximum absolute atomic E-state index is 12.3. The van der Waals surface area contributed by atoms with Gasteiger partial charge in [-0.1, -0.05) is 6.07 Å². The number of nitrogens with one attached hydrogen (secondary N) is 2. The molecule has 0 unspecified atom stereocenters. The number of aryl methyl sites for hydroxylation is 2. The predicted molar refractivity (Wildman–Crippen MR) is 99.1 cm³/mol. The fourth-order valence-corrected chi connectivity index (χ4v) is 2.49. The van der Waals surface area contributed by atoms with Gasteiger partial charge in [0, 0.05) is 17.2 Å². The molecular formula is C17H17N3O4S. The number of phenols is 1. The number of hydrogen-bond donors (Lipinski definition) is 3. The van der Waals surface area contributed by atoms with Gasteiger partial charge in [-0.05, 0) is 62.3 Å². The van der Waals surface area contributed by atoms with Crippen molar-refractivity contribution < 1.29 is 14.8 Å². The van der Waals surface area contributed by atoms with Crippen molar-refractivity contribution in [1.29, 1.82) is 0 Å². The molecule has 1 amide bonds. The Morgan fingerprint density at radius 1 is 1.20 bits per heavy atom. The monoisotopic (exact) mass is 359 g/mol. The van der Waals surface area contributed by atoms with Crippen LogP contribution >= 0.6 is 12.2 Å². The summed E-state index contributed by atoms with van der Waals surface area (Å²) in [6.07, 6.45) is 0. The van der Waals surface area contributed by atoms with E-state index in [0.717, 1.165) is 11.1 Å². The SMILES string of the molecule is Cc1cc(O)c(NC(=S)NC(=O)c2cccc([N+](=O)[O-])c2C)cc1C. The van der Waals surface area contributed by atoms with Crippen LogP contribution in [0.5, 0.6) is 5.75 Å². The Kier molecular flexibility index (Phi) is 5.33. The molecule has 0 aliphatic heterocycles. The van der Waals surface area contributed by atoms with Gasteiger partial charge < -0.3 is 10.4 Å². The van der Waals surface area contributed by atoms with E-state index in [-0.39, 0.29) is 27.7 Å². The van der Waals surface area contributed by atoms with Gasteiger partial charge in [-0.15, -0.1) is 0 Å². The van der Waals surface area contributed by atoms with Crippen LogP contribution in [0, 0.1) is 30.9 Å². The number of anilines is 1. The van der Waals surface area contributed by atoms with Crippen molar-refractivity contribution in [3.8, 4) is 5.75 Å². The second-order valence-corrected chi connectivity index (χ2v) is 5.98. The summed E-state index contributed by atoms with van der Waals surface area (Å²) in [6, 6.07) is 7.55. The van der Waals surface area contributed by atoms with Gasteiger partial charge in [0.25, 0.3) is 11.6 Å². The standard InChI is InChI=1S/C17H17N3O4S/c1-9-7-13(15(21)8-10(9)2)18-17(25)19-16(22)12-5-4-6-14(11(12)3)20(23)24/h4-8,21H,1-3H3,(H2,18,19,22,25). The lowest BCUT2D eigenvalue weighted by molar-refractivity contribution is -0.385. The topological polar surface area (TPSA) is 104 Å². The lowest BCUT2D eigenvalue weighted by atomic mass is 10.1. The van der Waals surface area contributed by atoms with Crippen LogP contribution in [-0.2, 0) is 0 Å². The van der Waals surface area contributed by atoms with Crippen molar-refractivity contribution in [2.75, 3.05) is 5.32 Å². The van der Waals surface area contributed by atoms with E-state index in [1.54, 1.807) is 12.1 Å². The summed E-state index contributed by atoms with van der Waals surface area (Å²) in [5.74, 6) is -0.562. The van der Waals surface area contributed by atoms with Gasteiger partial charge in [0.2, 0.25) is 0 Å². The highest BCUT2D eigenvalue weighted by Crippen LogP contribution is 2.27. The van der Waals surface area contributed by atoms with Gasteiger partial charge >= 0.3 is 0 Å². The molecule has 0 atom stereocenters. The van der Waals surface area contributed by atoms with Crippen LogP contribution in [0.2, 0.25) is 0 Å². The normalized spacial score (nSPS) is 10.2. The molecule has 130 valence electrons. The second-order valence-electron chi connectivity index (χ2n) is 5.57. The fraction of sp³-hybridized carbons (Fsp3) is 0.176. The molecule has 0 saturated heterocycles. The van der Waals surface area contributed by atoms with Crippen molar-refractivity contribution in [3.05, 3.63) is 62.7 Å². The summed E-state index contributed by atoms with van der Waals surface area (Å²) >= 11 is 5.09. The van der Waals surface area contributed by atoms with Crippen molar-refractivity contribution in [2.24, 2.45) is 0 Å². The first-order valence-electron chi connectivity index (χ1n) is 7.37. The predicted octanol–water partition coefficient (Wildman–Crippen LogP) is 3.35. The minimum atomic E-state index is -0.568. The van der Waals surface area contributed by atoms with E-state index in [9.17, 15) is 20.0 Å². The zero-order valence-electron chi connectivity index (χ0n) is 13.9. The Balaban J connectivity index is 2.16. The first-order valence-corrected chi connectivity index (χ1v) is 7.78. The number of nitro benzene ring substituents is 1. The van der Waals surface area contributed by atoms with E-state index in [4.69, 9.17) is 12.2 Å². The molecule has 0 fully saturated rings. The summed E-state index contributed by atoms with van der Waals surface area (Å²) in [5.41, 5.74) is 2.50. The zero-order chi connectivity index (χ0) is 18.7. The first-order chi connectivity index (χ1) is 11.7. The third-order valence-corrected chi connectivity index (χ3v) is 4.04. The van der Waals surface area contributed by atoms with E-state index in [1.807, 2.05) is 13.8 Å². The molecule has 0 radical (unpaired) electrons. The average Bonchev–Trinajstić information content (AvgIpc) is 2.52. The molecule has 0 aromatic heterocycles. The summed E-state index contributed by atoms with van der Waals surface area (Å²) in [4.78, 5) is 22.7. The number of hydrogen-bond acceptors (Lipinski definition) is 5.